The molecule has 0 aliphatic heterocycles. The maximum Gasteiger partial charge on any atom is 0.170 e. The van der Waals surface area contributed by atoms with E-state index in [1.807, 2.05) is 53.8 Å². The molecule has 2 heterocycles. The second kappa shape index (κ2) is 5.69. The topological polar surface area (TPSA) is 43.6 Å². The third-order valence-corrected chi connectivity index (χ3v) is 3.83. The third kappa shape index (κ3) is 2.69. The maximum absolute atomic E-state index is 11.1. The van der Waals surface area contributed by atoms with Crippen molar-refractivity contribution in [3.8, 4) is 5.75 Å². The summed E-state index contributed by atoms with van der Waals surface area (Å²) in [5.41, 5.74) is 2.36. The van der Waals surface area contributed by atoms with Crippen molar-refractivity contribution < 1.29 is 9.53 Å². The summed E-state index contributed by atoms with van der Waals surface area (Å²) in [6.07, 6.45) is 0.761. The zero-order valence-electron chi connectivity index (χ0n) is 11.4. The Kier molecular flexibility index (Phi) is 3.75. The molecule has 0 aliphatic rings. The number of halogens is 1. The van der Waals surface area contributed by atoms with E-state index in [4.69, 9.17) is 4.74 Å². The number of ether oxygens (including phenoxy) is 1. The highest BCUT2D eigenvalue weighted by Gasteiger charge is 2.12. The predicted octanol–water partition coefficient (Wildman–Crippen LogP) is 3.80. The first-order valence-corrected chi connectivity index (χ1v) is 7.29. The second-order valence-corrected chi connectivity index (χ2v) is 5.51. The highest BCUT2D eigenvalue weighted by Crippen LogP contribution is 2.20. The molecule has 21 heavy (non-hydrogen) atoms. The molecule has 106 valence electrons. The van der Waals surface area contributed by atoms with Crippen LogP contribution in [0.25, 0.3) is 5.52 Å². The Hall–Kier alpha value is -2.14. The number of hydrogen-bond acceptors (Lipinski definition) is 3. The molecule has 0 N–H and O–H groups in total. The quantitative estimate of drug-likeness (QED) is 0.534. The number of pyridine rings is 1. The molecular formula is C16H13BrN2O2. The number of carbonyl (C=O) groups is 1. The molecule has 0 radical (unpaired) electrons. The Balaban J connectivity index is 1.93. The Morgan fingerprint density at radius 3 is 2.71 bits per heavy atom. The van der Waals surface area contributed by atoms with Gasteiger partial charge in [-0.3, -0.25) is 9.20 Å². The Morgan fingerprint density at radius 2 is 2.00 bits per heavy atom. The summed E-state index contributed by atoms with van der Waals surface area (Å²) in [6.45, 7) is 2.32. The molecule has 0 spiro atoms. The van der Waals surface area contributed by atoms with Gasteiger partial charge in [0, 0.05) is 0 Å². The van der Waals surface area contributed by atoms with Gasteiger partial charge in [-0.2, -0.15) is 0 Å². The van der Waals surface area contributed by atoms with Gasteiger partial charge in [0.25, 0.3) is 0 Å². The largest absolute Gasteiger partial charge is 0.486 e. The summed E-state index contributed by atoms with van der Waals surface area (Å²) >= 11 is 3.48. The minimum Gasteiger partial charge on any atom is -0.486 e. The van der Waals surface area contributed by atoms with Gasteiger partial charge in [0.15, 0.2) is 12.1 Å². The van der Waals surface area contributed by atoms with Crippen LogP contribution in [-0.2, 0) is 6.61 Å². The fraction of sp³-hybridized carbons (Fsp3) is 0.125. The molecule has 0 bridgehead atoms. The van der Waals surface area contributed by atoms with Crippen LogP contribution in [0.1, 0.15) is 21.9 Å². The maximum atomic E-state index is 11.1. The highest BCUT2D eigenvalue weighted by molar-refractivity contribution is 9.10. The molecule has 0 saturated heterocycles. The van der Waals surface area contributed by atoms with Crippen LogP contribution in [-0.4, -0.2) is 15.7 Å². The summed E-state index contributed by atoms with van der Waals surface area (Å²) in [5, 5.41) is 0. The first kappa shape index (κ1) is 13.8. The number of hydrogen-bond donors (Lipinski definition) is 0. The average molecular weight is 345 g/mol. The van der Waals surface area contributed by atoms with Crippen molar-refractivity contribution in [1.82, 2.24) is 9.38 Å². The summed E-state index contributed by atoms with van der Waals surface area (Å²) in [4.78, 5) is 15.5. The van der Waals surface area contributed by atoms with Crippen molar-refractivity contribution in [2.24, 2.45) is 0 Å². The summed E-state index contributed by atoms with van der Waals surface area (Å²) in [6, 6.07) is 13.5. The lowest BCUT2D eigenvalue weighted by Crippen LogP contribution is -2.02. The first-order chi connectivity index (χ1) is 10.2. The van der Waals surface area contributed by atoms with Crippen molar-refractivity contribution in [1.29, 1.82) is 0 Å². The van der Waals surface area contributed by atoms with Crippen LogP contribution in [0.3, 0.4) is 0 Å². The van der Waals surface area contributed by atoms with Crippen LogP contribution in [0.15, 0.2) is 47.1 Å². The molecule has 2 aromatic heterocycles. The average Bonchev–Trinajstić information content (AvgIpc) is 2.86. The Morgan fingerprint density at radius 1 is 1.24 bits per heavy atom. The third-order valence-electron chi connectivity index (χ3n) is 3.21. The van der Waals surface area contributed by atoms with Gasteiger partial charge in [-0.15, -0.1) is 0 Å². The van der Waals surface area contributed by atoms with Crippen LogP contribution in [0, 0.1) is 6.92 Å². The van der Waals surface area contributed by atoms with E-state index in [2.05, 4.69) is 20.9 Å². The summed E-state index contributed by atoms with van der Waals surface area (Å²) in [5.74, 6) is 1.46. The first-order valence-electron chi connectivity index (χ1n) is 6.49. The fourth-order valence-electron chi connectivity index (χ4n) is 2.16. The normalized spacial score (nSPS) is 10.8. The van der Waals surface area contributed by atoms with Crippen LogP contribution in [0.5, 0.6) is 5.75 Å². The predicted molar refractivity (Wildman–Crippen MR) is 83.8 cm³/mol. The highest BCUT2D eigenvalue weighted by atomic mass is 79.9. The molecule has 0 amide bonds. The smallest absolute Gasteiger partial charge is 0.170 e. The molecular weight excluding hydrogens is 332 g/mol. The fourth-order valence-corrected chi connectivity index (χ4v) is 2.71. The number of fused-ring (bicyclic) bond motifs is 1. The van der Waals surface area contributed by atoms with Crippen molar-refractivity contribution >= 4 is 27.7 Å². The van der Waals surface area contributed by atoms with Crippen LogP contribution < -0.4 is 4.74 Å². The lowest BCUT2D eigenvalue weighted by atomic mass is 10.2. The van der Waals surface area contributed by atoms with E-state index in [0.717, 1.165) is 22.2 Å². The van der Waals surface area contributed by atoms with Gasteiger partial charge in [0.1, 0.15) is 18.1 Å². The van der Waals surface area contributed by atoms with Gasteiger partial charge in [-0.25, -0.2) is 4.98 Å². The number of rotatable bonds is 4. The second-order valence-electron chi connectivity index (χ2n) is 4.70. The molecule has 0 fully saturated rings. The molecule has 3 aromatic rings. The van der Waals surface area contributed by atoms with Gasteiger partial charge in [0.05, 0.1) is 10.1 Å². The number of nitrogens with zero attached hydrogens (tertiary/aromatic N) is 2. The number of aldehydes is 1. The van der Waals surface area contributed by atoms with E-state index in [1.165, 1.54) is 5.56 Å². The van der Waals surface area contributed by atoms with E-state index in [1.54, 1.807) is 0 Å². The molecule has 0 unspecified atom stereocenters. The number of benzene rings is 1. The zero-order valence-corrected chi connectivity index (χ0v) is 13.0. The molecule has 0 saturated carbocycles. The van der Waals surface area contributed by atoms with Crippen molar-refractivity contribution in [3.05, 3.63) is 64.1 Å². The van der Waals surface area contributed by atoms with E-state index in [0.29, 0.717) is 18.1 Å². The minimum atomic E-state index is 0.292. The van der Waals surface area contributed by atoms with E-state index in [9.17, 15) is 4.79 Å². The van der Waals surface area contributed by atoms with E-state index >= 15 is 0 Å². The van der Waals surface area contributed by atoms with Crippen LogP contribution in [0.4, 0.5) is 0 Å². The van der Waals surface area contributed by atoms with Gasteiger partial charge in [0.2, 0.25) is 0 Å². The molecule has 5 heteroatoms. The minimum absolute atomic E-state index is 0.292. The lowest BCUT2D eigenvalue weighted by Gasteiger charge is -2.07. The Labute approximate surface area is 130 Å². The van der Waals surface area contributed by atoms with Gasteiger partial charge < -0.3 is 4.74 Å². The molecule has 4 nitrogen and oxygen atoms in total. The van der Waals surface area contributed by atoms with E-state index < -0.39 is 0 Å². The monoisotopic (exact) mass is 344 g/mol. The lowest BCUT2D eigenvalue weighted by molar-refractivity contribution is 0.112. The number of imidazole rings is 1. The Bertz CT molecular complexity index is 794. The van der Waals surface area contributed by atoms with Gasteiger partial charge in [-0.05, 0) is 47.1 Å². The SMILES string of the molecule is Cc1ccc(OCc2nc(C=O)c3cccc(Br)n23)cc1. The van der Waals surface area contributed by atoms with Gasteiger partial charge >= 0.3 is 0 Å². The molecule has 0 aliphatic carbocycles. The molecule has 0 atom stereocenters. The number of aryl methyl sites for hydroxylation is 1. The van der Waals surface area contributed by atoms with Crippen LogP contribution in [0.2, 0.25) is 0 Å². The van der Waals surface area contributed by atoms with Crippen LogP contribution >= 0.6 is 15.9 Å². The van der Waals surface area contributed by atoms with Crippen molar-refractivity contribution in [2.45, 2.75) is 13.5 Å². The number of carbonyl (C=O) groups excluding carboxylic acids is 1. The standard InChI is InChI=1S/C16H13BrN2O2/c1-11-5-7-12(8-6-11)21-10-16-18-13(9-20)14-3-2-4-15(17)19(14)16/h2-9H,10H2,1H3. The van der Waals surface area contributed by atoms with Crippen molar-refractivity contribution in [2.75, 3.05) is 0 Å². The molecule has 3 rings (SSSR count). The van der Waals surface area contributed by atoms with Gasteiger partial charge in [-0.1, -0.05) is 23.8 Å². The molecule has 1 aromatic carbocycles. The van der Waals surface area contributed by atoms with E-state index in [-0.39, 0.29) is 0 Å². The number of aromatic nitrogens is 2. The zero-order chi connectivity index (χ0) is 14.8. The van der Waals surface area contributed by atoms with Crippen molar-refractivity contribution in [3.63, 3.8) is 0 Å². The summed E-state index contributed by atoms with van der Waals surface area (Å²) in [7, 11) is 0. The summed E-state index contributed by atoms with van der Waals surface area (Å²) < 4.78 is 8.46.